The van der Waals surface area contributed by atoms with Gasteiger partial charge in [-0.05, 0) is 40.3 Å². The summed E-state index contributed by atoms with van der Waals surface area (Å²) in [6, 6.07) is 0. The van der Waals surface area contributed by atoms with Crippen molar-refractivity contribution in [1.29, 1.82) is 0 Å². The number of amides is 2. The first-order valence-corrected chi connectivity index (χ1v) is 9.29. The highest BCUT2D eigenvalue weighted by molar-refractivity contribution is 5.94. The van der Waals surface area contributed by atoms with Crippen LogP contribution in [0.2, 0.25) is 0 Å². The number of likely N-dealkylation sites (N-methyl/N-ethyl adjacent to an activating group) is 1. The Hall–Kier alpha value is -2.09. The molecule has 1 aromatic heterocycles. The third kappa shape index (κ3) is 5.20. The van der Waals surface area contributed by atoms with Crippen LogP contribution < -0.4 is 5.32 Å². The van der Waals surface area contributed by atoms with Crippen LogP contribution in [0.4, 0.5) is 4.79 Å². The molecule has 0 unspecified atom stereocenters. The number of aromatic amines is 1. The fourth-order valence-electron chi connectivity index (χ4n) is 2.94. The van der Waals surface area contributed by atoms with E-state index in [9.17, 15) is 9.59 Å². The van der Waals surface area contributed by atoms with Gasteiger partial charge in [0.2, 0.25) is 0 Å². The Bertz CT molecular complexity index is 631. The van der Waals surface area contributed by atoms with E-state index in [2.05, 4.69) is 34.3 Å². The second-order valence-electron chi connectivity index (χ2n) is 7.46. The van der Waals surface area contributed by atoms with E-state index in [1.54, 1.807) is 4.90 Å². The molecule has 1 aromatic rings. The van der Waals surface area contributed by atoms with Gasteiger partial charge in [-0.3, -0.25) is 9.89 Å². The largest absolute Gasteiger partial charge is 0.444 e. The lowest BCUT2D eigenvalue weighted by molar-refractivity contribution is 0.0221. The van der Waals surface area contributed by atoms with E-state index >= 15 is 0 Å². The molecule has 0 saturated heterocycles. The van der Waals surface area contributed by atoms with Crippen LogP contribution in [0.3, 0.4) is 0 Å². The van der Waals surface area contributed by atoms with Gasteiger partial charge in [-0.2, -0.15) is 5.10 Å². The molecule has 0 radical (unpaired) electrons. The molecule has 0 aliphatic carbocycles. The molecule has 1 aliphatic rings. The van der Waals surface area contributed by atoms with Crippen molar-refractivity contribution in [1.82, 2.24) is 25.3 Å². The quantitative estimate of drug-likeness (QED) is 0.802. The Morgan fingerprint density at radius 1 is 1.31 bits per heavy atom. The van der Waals surface area contributed by atoms with Crippen molar-refractivity contribution in [2.75, 3.05) is 32.7 Å². The lowest BCUT2D eigenvalue weighted by Gasteiger charge is -2.29. The highest BCUT2D eigenvalue weighted by atomic mass is 16.6. The minimum absolute atomic E-state index is 0.166. The van der Waals surface area contributed by atoms with E-state index in [-0.39, 0.29) is 12.0 Å². The van der Waals surface area contributed by atoms with Crippen molar-refractivity contribution in [3.63, 3.8) is 0 Å². The predicted octanol–water partition coefficient (Wildman–Crippen LogP) is 1.77. The number of nitrogens with zero attached hydrogens (tertiary/aromatic N) is 3. The number of H-pyrrole nitrogens is 1. The molecule has 2 amide bonds. The number of rotatable bonds is 6. The van der Waals surface area contributed by atoms with Crippen LogP contribution in [0.1, 0.15) is 56.4 Å². The van der Waals surface area contributed by atoms with Gasteiger partial charge in [-0.25, -0.2) is 4.79 Å². The Morgan fingerprint density at radius 2 is 2.00 bits per heavy atom. The number of hydrogen-bond acceptors (Lipinski definition) is 5. The maximum Gasteiger partial charge on any atom is 0.410 e. The molecular formula is C18H31N5O3. The average molecular weight is 365 g/mol. The van der Waals surface area contributed by atoms with Gasteiger partial charge in [0.1, 0.15) is 5.60 Å². The minimum atomic E-state index is -0.527. The summed E-state index contributed by atoms with van der Waals surface area (Å²) >= 11 is 0. The maximum absolute atomic E-state index is 12.4. The van der Waals surface area contributed by atoms with Gasteiger partial charge in [0, 0.05) is 25.2 Å². The van der Waals surface area contributed by atoms with Crippen molar-refractivity contribution in [2.45, 2.75) is 53.2 Å². The van der Waals surface area contributed by atoms with Crippen molar-refractivity contribution < 1.29 is 14.3 Å². The van der Waals surface area contributed by atoms with Gasteiger partial charge >= 0.3 is 6.09 Å². The summed E-state index contributed by atoms with van der Waals surface area (Å²) in [6.45, 7) is 14.0. The average Bonchev–Trinajstić information content (AvgIpc) is 3.00. The molecule has 0 bridgehead atoms. The van der Waals surface area contributed by atoms with Crippen LogP contribution in [0.25, 0.3) is 0 Å². The molecule has 0 fully saturated rings. The SMILES string of the molecule is CCN(CC)CCNC(=O)c1n[nH]c2c1CCN(C(=O)OC(C)(C)C)C2. The maximum atomic E-state index is 12.4. The summed E-state index contributed by atoms with van der Waals surface area (Å²) in [4.78, 5) is 28.5. The van der Waals surface area contributed by atoms with Crippen LogP contribution in [-0.4, -0.2) is 70.3 Å². The fraction of sp³-hybridized carbons (Fsp3) is 0.722. The second-order valence-corrected chi connectivity index (χ2v) is 7.46. The van der Waals surface area contributed by atoms with Gasteiger partial charge in [0.05, 0.1) is 12.2 Å². The van der Waals surface area contributed by atoms with E-state index in [1.165, 1.54) is 0 Å². The molecule has 2 rings (SSSR count). The molecule has 2 heterocycles. The van der Waals surface area contributed by atoms with Crippen LogP contribution in [0.15, 0.2) is 0 Å². The summed E-state index contributed by atoms with van der Waals surface area (Å²) in [5.41, 5.74) is 1.60. The lowest BCUT2D eigenvalue weighted by Crippen LogP contribution is -2.40. The van der Waals surface area contributed by atoms with Crippen LogP contribution in [0, 0.1) is 0 Å². The monoisotopic (exact) mass is 365 g/mol. The molecule has 0 saturated carbocycles. The van der Waals surface area contributed by atoms with Gasteiger partial charge in [0.15, 0.2) is 5.69 Å². The molecule has 26 heavy (non-hydrogen) atoms. The molecule has 0 spiro atoms. The first-order chi connectivity index (χ1) is 12.2. The van der Waals surface area contributed by atoms with Crippen LogP contribution in [-0.2, 0) is 17.7 Å². The van der Waals surface area contributed by atoms with E-state index in [1.807, 2.05) is 20.8 Å². The standard InChI is InChI=1S/C18H31N5O3/c1-6-22(7-2)11-9-19-16(24)15-13-8-10-23(12-14(13)20-21-15)17(25)26-18(3,4)5/h6-12H2,1-5H3,(H,19,24)(H,20,21). The zero-order valence-electron chi connectivity index (χ0n) is 16.5. The van der Waals surface area contributed by atoms with Gasteiger partial charge < -0.3 is 19.9 Å². The topological polar surface area (TPSA) is 90.6 Å². The number of carbonyl (C=O) groups excluding carboxylic acids is 2. The summed E-state index contributed by atoms with van der Waals surface area (Å²) in [5, 5.41) is 10.0. The third-order valence-electron chi connectivity index (χ3n) is 4.41. The first kappa shape index (κ1) is 20.2. The Morgan fingerprint density at radius 3 is 2.62 bits per heavy atom. The summed E-state index contributed by atoms with van der Waals surface area (Å²) in [7, 11) is 0. The number of hydrogen-bond donors (Lipinski definition) is 2. The predicted molar refractivity (Wildman–Crippen MR) is 99.1 cm³/mol. The van der Waals surface area contributed by atoms with Crippen molar-refractivity contribution in [3.05, 3.63) is 17.0 Å². The summed E-state index contributed by atoms with van der Waals surface area (Å²) in [5.74, 6) is -0.166. The highest BCUT2D eigenvalue weighted by Gasteiger charge is 2.29. The number of nitrogens with one attached hydrogen (secondary N) is 2. The molecule has 8 heteroatoms. The fourth-order valence-corrected chi connectivity index (χ4v) is 2.94. The van der Waals surface area contributed by atoms with Crippen molar-refractivity contribution in [3.8, 4) is 0 Å². The zero-order chi connectivity index (χ0) is 19.3. The smallest absolute Gasteiger partial charge is 0.410 e. The third-order valence-corrected chi connectivity index (χ3v) is 4.41. The number of aromatic nitrogens is 2. The van der Waals surface area contributed by atoms with Gasteiger partial charge in [-0.15, -0.1) is 0 Å². The van der Waals surface area contributed by atoms with Crippen LogP contribution in [0.5, 0.6) is 0 Å². The van der Waals surface area contributed by atoms with E-state index in [0.29, 0.717) is 31.7 Å². The summed E-state index contributed by atoms with van der Waals surface area (Å²) in [6.07, 6.45) is 0.243. The van der Waals surface area contributed by atoms with Crippen LogP contribution >= 0.6 is 0 Å². The molecule has 0 atom stereocenters. The normalized spacial score (nSPS) is 14.3. The highest BCUT2D eigenvalue weighted by Crippen LogP contribution is 2.22. The van der Waals surface area contributed by atoms with Gasteiger partial charge in [0.25, 0.3) is 5.91 Å². The molecule has 0 aromatic carbocycles. The molecule has 2 N–H and O–H groups in total. The first-order valence-electron chi connectivity index (χ1n) is 9.29. The molecular weight excluding hydrogens is 334 g/mol. The molecule has 8 nitrogen and oxygen atoms in total. The Labute approximate surface area is 155 Å². The number of ether oxygens (including phenoxy) is 1. The number of carbonyl (C=O) groups is 2. The zero-order valence-corrected chi connectivity index (χ0v) is 16.5. The lowest BCUT2D eigenvalue weighted by atomic mass is 10.0. The van der Waals surface area contributed by atoms with E-state index in [0.717, 1.165) is 30.9 Å². The van der Waals surface area contributed by atoms with E-state index in [4.69, 9.17) is 4.74 Å². The molecule has 1 aliphatic heterocycles. The second kappa shape index (κ2) is 8.53. The van der Waals surface area contributed by atoms with E-state index < -0.39 is 5.60 Å². The summed E-state index contributed by atoms with van der Waals surface area (Å²) < 4.78 is 5.41. The number of fused-ring (bicyclic) bond motifs is 1. The molecule has 146 valence electrons. The minimum Gasteiger partial charge on any atom is -0.444 e. The Balaban J connectivity index is 1.94. The van der Waals surface area contributed by atoms with Gasteiger partial charge in [-0.1, -0.05) is 13.8 Å². The van der Waals surface area contributed by atoms with Crippen molar-refractivity contribution >= 4 is 12.0 Å². The van der Waals surface area contributed by atoms with Crippen molar-refractivity contribution in [2.24, 2.45) is 0 Å². The Kier molecular flexibility index (Phi) is 6.63.